The van der Waals surface area contributed by atoms with Crippen LogP contribution in [0.1, 0.15) is 44.6 Å². The van der Waals surface area contributed by atoms with Crippen LogP contribution in [0.15, 0.2) is 18.3 Å². The number of aromatic amines is 1. The van der Waals surface area contributed by atoms with E-state index < -0.39 is 5.97 Å². The molecule has 0 fully saturated rings. The van der Waals surface area contributed by atoms with Gasteiger partial charge < -0.3 is 19.8 Å². The summed E-state index contributed by atoms with van der Waals surface area (Å²) in [6.07, 6.45) is 1.64. The maximum Gasteiger partial charge on any atom is 0.339 e. The predicted molar refractivity (Wildman–Crippen MR) is 88.2 cm³/mol. The number of aromatic nitrogens is 2. The minimum Gasteiger partial charge on any atom is -0.478 e. The molecule has 7 nitrogen and oxygen atoms in total. The van der Waals surface area contributed by atoms with Gasteiger partial charge in [0.25, 0.3) is 5.91 Å². The summed E-state index contributed by atoms with van der Waals surface area (Å²) in [7, 11) is 1.31. The summed E-state index contributed by atoms with van der Waals surface area (Å²) in [4.78, 5) is 31.3. The van der Waals surface area contributed by atoms with Crippen LogP contribution in [-0.4, -0.2) is 35.6 Å². The molecule has 0 saturated carbocycles. The summed E-state index contributed by atoms with van der Waals surface area (Å²) >= 11 is 0. The van der Waals surface area contributed by atoms with Crippen molar-refractivity contribution in [1.82, 2.24) is 15.3 Å². The Balaban J connectivity index is 2.16. The predicted octanol–water partition coefficient (Wildman–Crippen LogP) is 2.14. The summed E-state index contributed by atoms with van der Waals surface area (Å²) in [6, 6.07) is 3.62. The van der Waals surface area contributed by atoms with E-state index in [1.165, 1.54) is 7.11 Å². The minimum atomic E-state index is -0.466. The molecule has 2 heterocycles. The molecular weight excluding hydrogens is 310 g/mol. The van der Waals surface area contributed by atoms with Crippen molar-refractivity contribution in [3.63, 3.8) is 0 Å². The van der Waals surface area contributed by atoms with E-state index in [1.54, 1.807) is 26.1 Å². The number of carbonyl (C=O) groups is 2. The smallest absolute Gasteiger partial charge is 0.339 e. The molecule has 0 unspecified atom stereocenters. The number of pyridine rings is 1. The fraction of sp³-hybridized carbons (Fsp3) is 0.353. The Labute approximate surface area is 140 Å². The molecule has 0 atom stereocenters. The van der Waals surface area contributed by atoms with Gasteiger partial charge in [-0.05, 0) is 32.4 Å². The van der Waals surface area contributed by atoms with E-state index in [4.69, 9.17) is 9.47 Å². The van der Waals surface area contributed by atoms with E-state index in [0.717, 1.165) is 5.56 Å². The highest BCUT2D eigenvalue weighted by Crippen LogP contribution is 2.19. The molecule has 0 aromatic carbocycles. The molecule has 0 radical (unpaired) electrons. The molecule has 0 aliphatic carbocycles. The second kappa shape index (κ2) is 7.63. The molecule has 2 rings (SSSR count). The summed E-state index contributed by atoms with van der Waals surface area (Å²) < 4.78 is 10.2. The zero-order valence-corrected chi connectivity index (χ0v) is 14.2. The molecule has 2 aromatic rings. The van der Waals surface area contributed by atoms with Gasteiger partial charge in [-0.25, -0.2) is 9.78 Å². The molecule has 0 saturated heterocycles. The Hall–Kier alpha value is -2.83. The van der Waals surface area contributed by atoms with Gasteiger partial charge >= 0.3 is 5.97 Å². The van der Waals surface area contributed by atoms with Gasteiger partial charge in [0.05, 0.1) is 19.3 Å². The quantitative estimate of drug-likeness (QED) is 0.791. The second-order valence-electron chi connectivity index (χ2n) is 5.20. The minimum absolute atomic E-state index is 0.271. The number of carbonyl (C=O) groups excluding carboxylic acids is 2. The van der Waals surface area contributed by atoms with Gasteiger partial charge in [-0.3, -0.25) is 4.79 Å². The van der Waals surface area contributed by atoms with Gasteiger partial charge in [-0.15, -0.1) is 0 Å². The van der Waals surface area contributed by atoms with Crippen molar-refractivity contribution in [2.45, 2.75) is 27.3 Å². The lowest BCUT2D eigenvalue weighted by Gasteiger charge is -2.09. The topological polar surface area (TPSA) is 93.3 Å². The number of nitrogens with zero attached hydrogens (tertiary/aromatic N) is 1. The van der Waals surface area contributed by atoms with Gasteiger partial charge in [-0.1, -0.05) is 6.07 Å². The molecule has 2 N–H and O–H groups in total. The molecule has 2 aromatic heterocycles. The third kappa shape index (κ3) is 3.56. The first kappa shape index (κ1) is 17.5. The highest BCUT2D eigenvalue weighted by molar-refractivity contribution is 6.00. The van der Waals surface area contributed by atoms with E-state index in [-0.39, 0.29) is 12.5 Å². The molecule has 128 valence electrons. The number of esters is 1. The molecule has 0 bridgehead atoms. The first-order chi connectivity index (χ1) is 11.5. The van der Waals surface area contributed by atoms with Crippen molar-refractivity contribution in [1.29, 1.82) is 0 Å². The lowest BCUT2D eigenvalue weighted by molar-refractivity contribution is 0.0599. The monoisotopic (exact) mass is 331 g/mol. The molecule has 0 aliphatic heterocycles. The van der Waals surface area contributed by atoms with Crippen molar-refractivity contribution in [3.05, 3.63) is 46.4 Å². The van der Waals surface area contributed by atoms with Crippen LogP contribution >= 0.6 is 0 Å². The standard InChI is InChI=1S/C17H21N3O4/c1-5-24-16-12(7-6-8-18-16)9-19-15(21)14-10(2)13(11(3)20-14)17(22)23-4/h6-8,20H,5,9H2,1-4H3,(H,19,21). The van der Waals surface area contributed by atoms with Crippen LogP contribution < -0.4 is 10.1 Å². The summed E-state index contributed by atoms with van der Waals surface area (Å²) in [5.74, 6) is -0.279. The summed E-state index contributed by atoms with van der Waals surface area (Å²) in [6.45, 7) is 6.07. The van der Waals surface area contributed by atoms with Crippen LogP contribution in [0, 0.1) is 13.8 Å². The van der Waals surface area contributed by atoms with Gasteiger partial charge in [-0.2, -0.15) is 0 Å². The van der Waals surface area contributed by atoms with Gasteiger partial charge in [0.1, 0.15) is 5.69 Å². The Morgan fingerprint density at radius 2 is 2.08 bits per heavy atom. The number of nitrogens with one attached hydrogen (secondary N) is 2. The summed E-state index contributed by atoms with van der Waals surface area (Å²) in [5.41, 5.74) is 2.67. The number of hydrogen-bond acceptors (Lipinski definition) is 5. The maximum atomic E-state index is 12.4. The molecule has 1 amide bonds. The number of hydrogen-bond donors (Lipinski definition) is 2. The average molecular weight is 331 g/mol. The maximum absolute atomic E-state index is 12.4. The van der Waals surface area contributed by atoms with Gasteiger partial charge in [0.15, 0.2) is 0 Å². The first-order valence-electron chi connectivity index (χ1n) is 7.61. The third-order valence-corrected chi connectivity index (χ3v) is 3.62. The van der Waals surface area contributed by atoms with Crippen molar-refractivity contribution >= 4 is 11.9 Å². The van der Waals surface area contributed by atoms with Crippen molar-refractivity contribution in [2.24, 2.45) is 0 Å². The molecular formula is C17H21N3O4. The lowest BCUT2D eigenvalue weighted by Crippen LogP contribution is -2.24. The fourth-order valence-electron chi connectivity index (χ4n) is 2.47. The number of aryl methyl sites for hydroxylation is 1. The number of methoxy groups -OCH3 is 1. The highest BCUT2D eigenvalue weighted by atomic mass is 16.5. The van der Waals surface area contributed by atoms with Crippen LogP contribution in [0.5, 0.6) is 5.88 Å². The zero-order valence-electron chi connectivity index (χ0n) is 14.2. The zero-order chi connectivity index (χ0) is 17.7. The third-order valence-electron chi connectivity index (χ3n) is 3.62. The van der Waals surface area contributed by atoms with Crippen LogP contribution in [0.4, 0.5) is 0 Å². The van der Waals surface area contributed by atoms with Crippen molar-refractivity contribution in [2.75, 3.05) is 13.7 Å². The van der Waals surface area contributed by atoms with Crippen LogP contribution in [-0.2, 0) is 11.3 Å². The number of amides is 1. The van der Waals surface area contributed by atoms with Gasteiger partial charge in [0.2, 0.25) is 5.88 Å². The Morgan fingerprint density at radius 3 is 2.75 bits per heavy atom. The van der Waals surface area contributed by atoms with Crippen LogP contribution in [0.2, 0.25) is 0 Å². The largest absolute Gasteiger partial charge is 0.478 e. The van der Waals surface area contributed by atoms with Crippen LogP contribution in [0.25, 0.3) is 0 Å². The van der Waals surface area contributed by atoms with E-state index in [2.05, 4.69) is 15.3 Å². The van der Waals surface area contributed by atoms with E-state index >= 15 is 0 Å². The Bertz CT molecular complexity index is 752. The van der Waals surface area contributed by atoms with Crippen LogP contribution in [0.3, 0.4) is 0 Å². The number of ether oxygens (including phenoxy) is 2. The van der Waals surface area contributed by atoms with E-state index in [9.17, 15) is 9.59 Å². The average Bonchev–Trinajstić information content (AvgIpc) is 2.88. The second-order valence-corrected chi connectivity index (χ2v) is 5.20. The first-order valence-corrected chi connectivity index (χ1v) is 7.61. The van der Waals surface area contributed by atoms with Crippen molar-refractivity contribution in [3.8, 4) is 5.88 Å². The highest BCUT2D eigenvalue weighted by Gasteiger charge is 2.22. The Kier molecular flexibility index (Phi) is 5.57. The molecule has 24 heavy (non-hydrogen) atoms. The van der Waals surface area contributed by atoms with E-state index in [0.29, 0.717) is 35.0 Å². The van der Waals surface area contributed by atoms with Crippen molar-refractivity contribution < 1.29 is 19.1 Å². The number of rotatable bonds is 6. The molecule has 0 spiro atoms. The fourth-order valence-corrected chi connectivity index (χ4v) is 2.47. The SMILES string of the molecule is CCOc1ncccc1CNC(=O)c1[nH]c(C)c(C(=O)OC)c1C. The molecule has 0 aliphatic rings. The van der Waals surface area contributed by atoms with Gasteiger partial charge in [0, 0.05) is 24.0 Å². The lowest BCUT2D eigenvalue weighted by atomic mass is 10.1. The summed E-state index contributed by atoms with van der Waals surface area (Å²) in [5, 5.41) is 2.81. The number of H-pyrrole nitrogens is 1. The molecule has 7 heteroatoms. The normalized spacial score (nSPS) is 10.3. The Morgan fingerprint density at radius 1 is 1.33 bits per heavy atom. The van der Waals surface area contributed by atoms with E-state index in [1.807, 2.05) is 13.0 Å².